The number of esters is 1. The highest BCUT2D eigenvalue weighted by atomic mass is 32.2. The fourth-order valence-electron chi connectivity index (χ4n) is 2.34. The van der Waals surface area contributed by atoms with Crippen LogP contribution < -0.4 is 10.6 Å². The van der Waals surface area contributed by atoms with Crippen LogP contribution in [0.25, 0.3) is 0 Å². The molecule has 0 aliphatic carbocycles. The summed E-state index contributed by atoms with van der Waals surface area (Å²) >= 11 is 0. The quantitative estimate of drug-likeness (QED) is 0.652. The van der Waals surface area contributed by atoms with Crippen LogP contribution in [0.3, 0.4) is 0 Å². The Bertz CT molecular complexity index is 627. The number of carbonyl (C=O) groups excluding carboxylic acids is 1. The SMILES string of the molecule is COC(=O)c1cc(N(C)C2CCS(=O)(=O)C2)ccc1N. The number of rotatable bonds is 3. The number of anilines is 2. The molecule has 0 aromatic heterocycles. The highest BCUT2D eigenvalue weighted by molar-refractivity contribution is 7.91. The molecule has 1 unspecified atom stereocenters. The number of nitrogen functional groups attached to an aromatic ring is 1. The lowest BCUT2D eigenvalue weighted by molar-refractivity contribution is 0.0602. The maximum Gasteiger partial charge on any atom is 0.340 e. The fourth-order valence-corrected chi connectivity index (χ4v) is 4.12. The predicted octanol–water partition coefficient (Wildman–Crippen LogP) is 0.679. The van der Waals surface area contributed by atoms with E-state index in [1.165, 1.54) is 7.11 Å². The number of carbonyl (C=O) groups is 1. The van der Waals surface area contributed by atoms with Crippen LogP contribution in [0.15, 0.2) is 18.2 Å². The van der Waals surface area contributed by atoms with Crippen molar-refractivity contribution in [3.8, 4) is 0 Å². The first-order valence-electron chi connectivity index (χ1n) is 6.25. The van der Waals surface area contributed by atoms with E-state index in [1.54, 1.807) is 18.2 Å². The first-order chi connectivity index (χ1) is 9.34. The Labute approximate surface area is 118 Å². The van der Waals surface area contributed by atoms with Gasteiger partial charge in [-0.2, -0.15) is 0 Å². The first-order valence-corrected chi connectivity index (χ1v) is 8.07. The molecule has 0 spiro atoms. The molecule has 1 heterocycles. The van der Waals surface area contributed by atoms with Gasteiger partial charge in [-0.25, -0.2) is 13.2 Å². The second-order valence-corrected chi connectivity index (χ2v) is 7.16. The molecule has 6 nitrogen and oxygen atoms in total. The van der Waals surface area contributed by atoms with Gasteiger partial charge in [-0.05, 0) is 24.6 Å². The summed E-state index contributed by atoms with van der Waals surface area (Å²) in [5.74, 6) is -0.153. The summed E-state index contributed by atoms with van der Waals surface area (Å²) in [7, 11) is 0.165. The lowest BCUT2D eigenvalue weighted by Gasteiger charge is -2.26. The topological polar surface area (TPSA) is 89.7 Å². The van der Waals surface area contributed by atoms with Crippen LogP contribution in [0.2, 0.25) is 0 Å². The third-order valence-corrected chi connectivity index (χ3v) is 5.36. The molecular weight excluding hydrogens is 280 g/mol. The minimum atomic E-state index is -2.95. The Morgan fingerprint density at radius 2 is 2.15 bits per heavy atom. The Kier molecular flexibility index (Phi) is 3.89. The van der Waals surface area contributed by atoms with Gasteiger partial charge in [0, 0.05) is 24.5 Å². The number of hydrogen-bond donors (Lipinski definition) is 1. The number of methoxy groups -OCH3 is 1. The smallest absolute Gasteiger partial charge is 0.340 e. The molecule has 2 N–H and O–H groups in total. The number of ether oxygens (including phenoxy) is 1. The summed E-state index contributed by atoms with van der Waals surface area (Å²) in [4.78, 5) is 13.5. The van der Waals surface area contributed by atoms with Gasteiger partial charge in [-0.15, -0.1) is 0 Å². The number of nitrogens with two attached hydrogens (primary N) is 1. The average molecular weight is 298 g/mol. The lowest BCUT2D eigenvalue weighted by Crippen LogP contribution is -2.32. The number of hydrogen-bond acceptors (Lipinski definition) is 6. The zero-order valence-corrected chi connectivity index (χ0v) is 12.3. The van der Waals surface area contributed by atoms with E-state index in [0.717, 1.165) is 5.69 Å². The predicted molar refractivity (Wildman–Crippen MR) is 77.7 cm³/mol. The van der Waals surface area contributed by atoms with Crippen LogP contribution in [0, 0.1) is 0 Å². The van der Waals surface area contributed by atoms with E-state index in [1.807, 2.05) is 11.9 Å². The third kappa shape index (κ3) is 2.87. The van der Waals surface area contributed by atoms with Crippen molar-refractivity contribution in [2.75, 3.05) is 36.3 Å². The minimum Gasteiger partial charge on any atom is -0.465 e. The standard InChI is InChI=1S/C13H18N2O4S/c1-15(10-5-6-20(17,18)8-10)9-3-4-12(14)11(7-9)13(16)19-2/h3-4,7,10H,5-6,8,14H2,1-2H3. The molecule has 1 fully saturated rings. The molecule has 1 aliphatic heterocycles. The number of nitrogens with zero attached hydrogens (tertiary/aromatic N) is 1. The summed E-state index contributed by atoms with van der Waals surface area (Å²) < 4.78 is 27.7. The Hall–Kier alpha value is -1.76. The largest absolute Gasteiger partial charge is 0.465 e. The summed E-state index contributed by atoms with van der Waals surface area (Å²) in [5.41, 5.74) is 7.13. The van der Waals surface area contributed by atoms with Crippen LogP contribution in [0.4, 0.5) is 11.4 Å². The second-order valence-electron chi connectivity index (χ2n) is 4.93. The van der Waals surface area contributed by atoms with Gasteiger partial charge in [0.05, 0.1) is 24.2 Å². The molecule has 7 heteroatoms. The summed E-state index contributed by atoms with van der Waals surface area (Å²) in [6.07, 6.45) is 0.594. The highest BCUT2D eigenvalue weighted by Gasteiger charge is 2.31. The van der Waals surface area contributed by atoms with Gasteiger partial charge in [0.25, 0.3) is 0 Å². The molecular formula is C13H18N2O4S. The molecule has 1 aromatic rings. The van der Waals surface area contributed by atoms with Gasteiger partial charge in [-0.3, -0.25) is 0 Å². The average Bonchev–Trinajstić information content (AvgIpc) is 2.78. The second kappa shape index (κ2) is 5.32. The van der Waals surface area contributed by atoms with Crippen LogP contribution in [-0.2, 0) is 14.6 Å². The van der Waals surface area contributed by atoms with Gasteiger partial charge in [-0.1, -0.05) is 0 Å². The van der Waals surface area contributed by atoms with E-state index in [2.05, 4.69) is 4.74 Å². The highest BCUT2D eigenvalue weighted by Crippen LogP contribution is 2.26. The molecule has 110 valence electrons. The molecule has 20 heavy (non-hydrogen) atoms. The van der Waals surface area contributed by atoms with Gasteiger partial charge in [0.2, 0.25) is 0 Å². The maximum absolute atomic E-state index is 11.6. The lowest BCUT2D eigenvalue weighted by atomic mass is 10.1. The number of benzene rings is 1. The molecule has 0 bridgehead atoms. The van der Waals surface area contributed by atoms with Crippen LogP contribution in [0.5, 0.6) is 0 Å². The van der Waals surface area contributed by atoms with E-state index < -0.39 is 15.8 Å². The van der Waals surface area contributed by atoms with E-state index in [-0.39, 0.29) is 23.1 Å². The van der Waals surface area contributed by atoms with E-state index in [9.17, 15) is 13.2 Å². The summed E-state index contributed by atoms with van der Waals surface area (Å²) in [5, 5.41) is 0. The number of sulfone groups is 1. The Morgan fingerprint density at radius 3 is 2.70 bits per heavy atom. The Balaban J connectivity index is 2.27. The summed E-state index contributed by atoms with van der Waals surface area (Å²) in [6.45, 7) is 0. The van der Waals surface area contributed by atoms with Gasteiger partial charge in [0.15, 0.2) is 9.84 Å². The molecule has 2 rings (SSSR count). The van der Waals surface area contributed by atoms with Crippen molar-refractivity contribution in [3.63, 3.8) is 0 Å². The molecule has 1 aliphatic rings. The molecule has 1 atom stereocenters. The van der Waals surface area contributed by atoms with Crippen molar-refractivity contribution >= 4 is 27.2 Å². The van der Waals surface area contributed by atoms with Crippen LogP contribution >= 0.6 is 0 Å². The molecule has 0 radical (unpaired) electrons. The molecule has 0 amide bonds. The van der Waals surface area contributed by atoms with Gasteiger partial charge < -0.3 is 15.4 Å². The third-order valence-electron chi connectivity index (χ3n) is 3.61. The Morgan fingerprint density at radius 1 is 1.45 bits per heavy atom. The van der Waals surface area contributed by atoms with E-state index >= 15 is 0 Å². The monoisotopic (exact) mass is 298 g/mol. The van der Waals surface area contributed by atoms with Crippen molar-refractivity contribution < 1.29 is 17.9 Å². The van der Waals surface area contributed by atoms with Gasteiger partial charge >= 0.3 is 5.97 Å². The van der Waals surface area contributed by atoms with Crippen molar-refractivity contribution in [2.45, 2.75) is 12.5 Å². The van der Waals surface area contributed by atoms with E-state index in [4.69, 9.17) is 5.73 Å². The first kappa shape index (κ1) is 14.6. The minimum absolute atomic E-state index is 0.0749. The normalized spacial score (nSPS) is 20.6. The zero-order valence-electron chi connectivity index (χ0n) is 11.5. The van der Waals surface area contributed by atoms with Crippen LogP contribution in [0.1, 0.15) is 16.8 Å². The molecule has 0 saturated carbocycles. The van der Waals surface area contributed by atoms with Crippen molar-refractivity contribution in [1.82, 2.24) is 0 Å². The summed E-state index contributed by atoms with van der Waals surface area (Å²) in [6, 6.07) is 4.95. The van der Waals surface area contributed by atoms with Crippen molar-refractivity contribution in [2.24, 2.45) is 0 Å². The van der Waals surface area contributed by atoms with Crippen molar-refractivity contribution in [1.29, 1.82) is 0 Å². The molecule has 1 aromatic carbocycles. The van der Waals surface area contributed by atoms with Crippen LogP contribution in [-0.4, -0.2) is 46.1 Å². The van der Waals surface area contributed by atoms with E-state index in [0.29, 0.717) is 12.1 Å². The fraction of sp³-hybridized carbons (Fsp3) is 0.462. The van der Waals surface area contributed by atoms with Crippen molar-refractivity contribution in [3.05, 3.63) is 23.8 Å². The molecule has 1 saturated heterocycles. The maximum atomic E-state index is 11.6. The zero-order chi connectivity index (χ0) is 14.9. The van der Waals surface area contributed by atoms with Gasteiger partial charge in [0.1, 0.15) is 0 Å².